The van der Waals surface area contributed by atoms with Crippen LogP contribution >= 0.6 is 0 Å². The van der Waals surface area contributed by atoms with Crippen molar-refractivity contribution in [3.63, 3.8) is 0 Å². The molecule has 8 heteroatoms. The van der Waals surface area contributed by atoms with E-state index in [0.717, 1.165) is 0 Å². The molecule has 0 aliphatic rings. The largest absolute Gasteiger partial charge is 0.493 e. The number of nitrogens with zero attached hydrogens (tertiary/aromatic N) is 2. The van der Waals surface area contributed by atoms with Crippen LogP contribution in [0.4, 0.5) is 0 Å². The maximum Gasteiger partial charge on any atom is 0.258 e. The van der Waals surface area contributed by atoms with Crippen LogP contribution in [-0.2, 0) is 0 Å². The fraction of sp³-hybridized carbons (Fsp3) is 0.333. The van der Waals surface area contributed by atoms with E-state index in [1.165, 1.54) is 20.8 Å². The standard InChI is InChI=1S/C12H14N4O4/c1-4(7-9(17)13-5(2)14-10(7)18)8-11(19)15-6(3)16-12(8)20/h4H,1-3H3,(H2,13,14,17,18)(H2,15,16,19,20). The highest BCUT2D eigenvalue weighted by Crippen LogP contribution is 2.28. The van der Waals surface area contributed by atoms with Gasteiger partial charge in [0.05, 0.1) is 11.1 Å². The number of H-pyrrole nitrogens is 2. The van der Waals surface area contributed by atoms with Gasteiger partial charge in [0.15, 0.2) is 0 Å². The Morgan fingerprint density at radius 3 is 1.55 bits per heavy atom. The molecule has 0 saturated carbocycles. The summed E-state index contributed by atoms with van der Waals surface area (Å²) in [4.78, 5) is 36.2. The highest BCUT2D eigenvalue weighted by atomic mass is 16.3. The number of hydrogen-bond donors (Lipinski definition) is 4. The molecule has 0 atom stereocenters. The molecular formula is C12H14N4O4. The lowest BCUT2D eigenvalue weighted by molar-refractivity contribution is 0.428. The molecule has 0 unspecified atom stereocenters. The monoisotopic (exact) mass is 278 g/mol. The highest BCUT2D eigenvalue weighted by Gasteiger charge is 2.24. The average Bonchev–Trinajstić information content (AvgIpc) is 2.25. The summed E-state index contributed by atoms with van der Waals surface area (Å²) in [7, 11) is 0. The molecule has 0 aromatic carbocycles. The van der Waals surface area contributed by atoms with Crippen LogP contribution in [-0.4, -0.2) is 30.1 Å². The molecule has 2 heterocycles. The van der Waals surface area contributed by atoms with Gasteiger partial charge in [-0.15, -0.1) is 0 Å². The average molecular weight is 278 g/mol. The van der Waals surface area contributed by atoms with Crippen molar-refractivity contribution >= 4 is 0 Å². The maximum atomic E-state index is 11.9. The lowest BCUT2D eigenvalue weighted by Gasteiger charge is -2.13. The molecule has 0 aliphatic carbocycles. The van der Waals surface area contributed by atoms with E-state index >= 15 is 0 Å². The minimum atomic E-state index is -0.858. The first-order chi connectivity index (χ1) is 9.31. The number of nitrogens with one attached hydrogen (secondary N) is 2. The van der Waals surface area contributed by atoms with Crippen LogP contribution < -0.4 is 11.1 Å². The zero-order valence-electron chi connectivity index (χ0n) is 11.2. The lowest BCUT2D eigenvalue weighted by atomic mass is 9.96. The third-order valence-electron chi connectivity index (χ3n) is 2.97. The second kappa shape index (κ2) is 4.80. The molecule has 2 aromatic heterocycles. The van der Waals surface area contributed by atoms with E-state index in [2.05, 4.69) is 19.9 Å². The third-order valence-corrected chi connectivity index (χ3v) is 2.97. The van der Waals surface area contributed by atoms with Gasteiger partial charge in [-0.05, 0) is 13.8 Å². The van der Waals surface area contributed by atoms with E-state index in [1.807, 2.05) is 0 Å². The first-order valence-electron chi connectivity index (χ1n) is 5.90. The molecule has 2 aromatic rings. The summed E-state index contributed by atoms with van der Waals surface area (Å²) in [5.41, 5.74) is -1.33. The van der Waals surface area contributed by atoms with E-state index in [4.69, 9.17) is 0 Å². The van der Waals surface area contributed by atoms with Gasteiger partial charge in [-0.3, -0.25) is 9.59 Å². The minimum absolute atomic E-state index is 0.0953. The Morgan fingerprint density at radius 1 is 0.900 bits per heavy atom. The number of hydrogen-bond acceptors (Lipinski definition) is 6. The summed E-state index contributed by atoms with van der Waals surface area (Å²) in [6.45, 7) is 4.54. The Morgan fingerprint density at radius 2 is 1.25 bits per heavy atom. The van der Waals surface area contributed by atoms with Crippen molar-refractivity contribution in [1.82, 2.24) is 19.9 Å². The smallest absolute Gasteiger partial charge is 0.258 e. The maximum absolute atomic E-state index is 11.9. The van der Waals surface area contributed by atoms with Gasteiger partial charge in [0.2, 0.25) is 11.8 Å². The fourth-order valence-corrected chi connectivity index (χ4v) is 2.09. The van der Waals surface area contributed by atoms with E-state index in [9.17, 15) is 19.8 Å². The third kappa shape index (κ3) is 2.27. The van der Waals surface area contributed by atoms with Crippen LogP contribution in [0.25, 0.3) is 0 Å². The summed E-state index contributed by atoms with van der Waals surface area (Å²) >= 11 is 0. The van der Waals surface area contributed by atoms with Gasteiger partial charge >= 0.3 is 0 Å². The van der Waals surface area contributed by atoms with Gasteiger partial charge in [-0.2, -0.15) is 0 Å². The Hall–Kier alpha value is -2.64. The van der Waals surface area contributed by atoms with Crippen LogP contribution in [0.3, 0.4) is 0 Å². The van der Waals surface area contributed by atoms with Crippen LogP contribution in [0.5, 0.6) is 11.8 Å². The van der Waals surface area contributed by atoms with Crippen molar-refractivity contribution in [2.75, 3.05) is 0 Å². The molecule has 0 bridgehead atoms. The SMILES string of the molecule is Cc1nc(O)c(C(C)c2c(O)nc(C)[nH]c2=O)c(=O)[nH]1. The molecule has 106 valence electrons. The molecule has 0 saturated heterocycles. The molecule has 0 amide bonds. The van der Waals surface area contributed by atoms with Gasteiger partial charge in [-0.25, -0.2) is 9.97 Å². The summed E-state index contributed by atoms with van der Waals surface area (Å²) in [6.07, 6.45) is 0. The van der Waals surface area contributed by atoms with Crippen molar-refractivity contribution in [3.8, 4) is 11.8 Å². The number of aryl methyl sites for hydroxylation is 2. The Kier molecular flexibility index (Phi) is 3.31. The van der Waals surface area contributed by atoms with Crippen LogP contribution in [0.1, 0.15) is 35.6 Å². The highest BCUT2D eigenvalue weighted by molar-refractivity contribution is 5.38. The van der Waals surface area contributed by atoms with Crippen molar-refractivity contribution in [3.05, 3.63) is 43.5 Å². The molecule has 0 fully saturated rings. The van der Waals surface area contributed by atoms with Gasteiger partial charge in [0.1, 0.15) is 11.6 Å². The number of rotatable bonds is 2. The van der Waals surface area contributed by atoms with E-state index < -0.39 is 28.8 Å². The predicted molar refractivity (Wildman–Crippen MR) is 70.0 cm³/mol. The molecule has 8 nitrogen and oxygen atoms in total. The number of aromatic amines is 2. The topological polar surface area (TPSA) is 132 Å². The van der Waals surface area contributed by atoms with E-state index in [-0.39, 0.29) is 22.8 Å². The van der Waals surface area contributed by atoms with Crippen LogP contribution in [0.2, 0.25) is 0 Å². The summed E-state index contributed by atoms with van der Waals surface area (Å²) in [6, 6.07) is 0. The first kappa shape index (κ1) is 13.8. The molecule has 0 radical (unpaired) electrons. The lowest BCUT2D eigenvalue weighted by Crippen LogP contribution is -2.24. The molecule has 20 heavy (non-hydrogen) atoms. The molecule has 0 aliphatic heterocycles. The number of aromatic hydroxyl groups is 2. The normalized spacial score (nSPS) is 11.0. The van der Waals surface area contributed by atoms with Crippen molar-refractivity contribution in [1.29, 1.82) is 0 Å². The second-order valence-electron chi connectivity index (χ2n) is 4.50. The Balaban J connectivity index is 2.67. The predicted octanol–water partition coefficient (Wildman–Crippen LogP) is 0.0330. The summed E-state index contributed by atoms with van der Waals surface area (Å²) < 4.78 is 0. The second-order valence-corrected chi connectivity index (χ2v) is 4.50. The first-order valence-corrected chi connectivity index (χ1v) is 5.90. The van der Waals surface area contributed by atoms with Gasteiger partial charge in [0.25, 0.3) is 11.1 Å². The molecule has 0 spiro atoms. The fourth-order valence-electron chi connectivity index (χ4n) is 2.09. The zero-order valence-corrected chi connectivity index (χ0v) is 11.2. The summed E-state index contributed by atoms with van der Waals surface area (Å²) in [5.74, 6) is -1.30. The Bertz CT molecular complexity index is 713. The zero-order chi connectivity index (χ0) is 15.0. The molecular weight excluding hydrogens is 264 g/mol. The number of aromatic nitrogens is 4. The quantitative estimate of drug-likeness (QED) is 0.613. The van der Waals surface area contributed by atoms with Crippen LogP contribution in [0, 0.1) is 13.8 Å². The van der Waals surface area contributed by atoms with Crippen molar-refractivity contribution in [2.24, 2.45) is 0 Å². The minimum Gasteiger partial charge on any atom is -0.493 e. The van der Waals surface area contributed by atoms with Gasteiger partial charge in [0, 0.05) is 5.92 Å². The van der Waals surface area contributed by atoms with Crippen molar-refractivity contribution < 1.29 is 10.2 Å². The molecule has 2 rings (SSSR count). The van der Waals surface area contributed by atoms with E-state index in [0.29, 0.717) is 0 Å². The van der Waals surface area contributed by atoms with Crippen LogP contribution in [0.15, 0.2) is 9.59 Å². The van der Waals surface area contributed by atoms with Gasteiger partial charge < -0.3 is 20.2 Å². The Labute approximate surface area is 113 Å². The summed E-state index contributed by atoms with van der Waals surface area (Å²) in [5, 5.41) is 19.6. The van der Waals surface area contributed by atoms with Gasteiger partial charge in [-0.1, -0.05) is 6.92 Å². The molecule has 4 N–H and O–H groups in total. The van der Waals surface area contributed by atoms with Crippen molar-refractivity contribution in [2.45, 2.75) is 26.7 Å². The van der Waals surface area contributed by atoms with E-state index in [1.54, 1.807) is 0 Å².